The van der Waals surface area contributed by atoms with Gasteiger partial charge in [-0.25, -0.2) is 18.2 Å². The second kappa shape index (κ2) is 10.6. The summed E-state index contributed by atoms with van der Waals surface area (Å²) in [5.74, 6) is -0.525. The lowest BCUT2D eigenvalue weighted by Gasteiger charge is -2.40. The highest BCUT2D eigenvalue weighted by atomic mass is 19.1. The largest absolute Gasteiger partial charge is 0.365 e. The summed E-state index contributed by atoms with van der Waals surface area (Å²) in [6, 6.07) is 10.4. The van der Waals surface area contributed by atoms with E-state index in [4.69, 9.17) is 4.98 Å². The van der Waals surface area contributed by atoms with E-state index in [1.165, 1.54) is 62.7 Å². The molecular weight excluding hydrogens is 451 g/mol. The summed E-state index contributed by atoms with van der Waals surface area (Å²) < 4.78 is 41.9. The maximum atomic E-state index is 14.2. The van der Waals surface area contributed by atoms with E-state index in [-0.39, 0.29) is 17.9 Å². The first kappa shape index (κ1) is 23.6. The number of halogens is 3. The van der Waals surface area contributed by atoms with Gasteiger partial charge in [-0.2, -0.15) is 4.98 Å². The van der Waals surface area contributed by atoms with Crippen molar-refractivity contribution in [2.24, 2.45) is 0 Å². The fourth-order valence-corrected chi connectivity index (χ4v) is 5.09. The van der Waals surface area contributed by atoms with E-state index in [0.29, 0.717) is 23.4 Å². The topological polar surface area (TPSA) is 44.3 Å². The zero-order valence-corrected chi connectivity index (χ0v) is 19.7. The number of nitrogens with zero attached hydrogens (tertiary/aromatic N) is 4. The van der Waals surface area contributed by atoms with Crippen LogP contribution in [-0.4, -0.2) is 47.1 Å². The minimum atomic E-state index is -0.616. The van der Waals surface area contributed by atoms with E-state index < -0.39 is 11.6 Å². The molecule has 0 saturated carbocycles. The molecular formula is C27H30F3N5. The van der Waals surface area contributed by atoms with Gasteiger partial charge in [-0.1, -0.05) is 24.6 Å². The van der Waals surface area contributed by atoms with Gasteiger partial charge in [0.1, 0.15) is 23.3 Å². The normalized spacial score (nSPS) is 17.5. The molecule has 184 valence electrons. The standard InChI is InChI=1S/C27H30F3N5/c28-20-9-7-19(8-10-20)22-17-32-27(33-26(22)31-18-23-24(29)5-4-6-25(23)30)35-15-11-21(12-16-35)34-13-2-1-3-14-34/h4-10,17,21H,1-3,11-16,18H2,(H,31,32,33). The van der Waals surface area contributed by atoms with E-state index in [0.717, 1.165) is 31.5 Å². The minimum Gasteiger partial charge on any atom is -0.365 e. The first-order valence-corrected chi connectivity index (χ1v) is 12.4. The molecule has 2 fully saturated rings. The van der Waals surface area contributed by atoms with Crippen molar-refractivity contribution in [2.75, 3.05) is 36.4 Å². The third-order valence-corrected chi connectivity index (χ3v) is 7.08. The maximum Gasteiger partial charge on any atom is 0.227 e. The summed E-state index contributed by atoms with van der Waals surface area (Å²) in [4.78, 5) is 14.2. The van der Waals surface area contributed by atoms with Gasteiger partial charge in [0.25, 0.3) is 0 Å². The maximum absolute atomic E-state index is 14.2. The van der Waals surface area contributed by atoms with Crippen LogP contribution in [0.4, 0.5) is 24.9 Å². The van der Waals surface area contributed by atoms with Crippen molar-refractivity contribution < 1.29 is 13.2 Å². The van der Waals surface area contributed by atoms with Crippen molar-refractivity contribution >= 4 is 11.8 Å². The summed E-state index contributed by atoms with van der Waals surface area (Å²) >= 11 is 0. The van der Waals surface area contributed by atoms with Crippen LogP contribution in [0.3, 0.4) is 0 Å². The van der Waals surface area contributed by atoms with Crippen molar-refractivity contribution in [3.05, 3.63) is 71.7 Å². The molecule has 0 radical (unpaired) electrons. The molecule has 0 aliphatic carbocycles. The molecule has 0 spiro atoms. The van der Waals surface area contributed by atoms with Crippen molar-refractivity contribution in [3.8, 4) is 11.1 Å². The van der Waals surface area contributed by atoms with Crippen LogP contribution < -0.4 is 10.2 Å². The molecule has 0 atom stereocenters. The second-order valence-electron chi connectivity index (χ2n) is 9.31. The highest BCUT2D eigenvalue weighted by Gasteiger charge is 2.27. The molecule has 35 heavy (non-hydrogen) atoms. The van der Waals surface area contributed by atoms with Crippen LogP contribution in [-0.2, 0) is 6.54 Å². The Bertz CT molecular complexity index is 1120. The molecule has 8 heteroatoms. The molecule has 2 aliphatic heterocycles. The van der Waals surface area contributed by atoms with E-state index in [1.807, 2.05) is 0 Å². The van der Waals surface area contributed by atoms with Crippen LogP contribution in [0.2, 0.25) is 0 Å². The van der Waals surface area contributed by atoms with Gasteiger partial charge >= 0.3 is 0 Å². The predicted octanol–water partition coefficient (Wildman–Crippen LogP) is 5.63. The number of anilines is 2. The minimum absolute atomic E-state index is 0.0555. The Kier molecular flexibility index (Phi) is 7.18. The third kappa shape index (κ3) is 5.42. The highest BCUT2D eigenvalue weighted by molar-refractivity contribution is 5.75. The second-order valence-corrected chi connectivity index (χ2v) is 9.31. The smallest absolute Gasteiger partial charge is 0.227 e. The van der Waals surface area contributed by atoms with Gasteiger partial charge in [0.15, 0.2) is 0 Å². The lowest BCUT2D eigenvalue weighted by Crippen LogP contribution is -2.47. The summed E-state index contributed by atoms with van der Waals surface area (Å²) in [6.45, 7) is 4.03. The van der Waals surface area contributed by atoms with Crippen LogP contribution in [0.1, 0.15) is 37.7 Å². The van der Waals surface area contributed by atoms with Crippen LogP contribution in [0.25, 0.3) is 11.1 Å². The SMILES string of the molecule is Fc1ccc(-c2cnc(N3CCC(N4CCCCC4)CC3)nc2NCc2c(F)cccc2F)cc1. The van der Waals surface area contributed by atoms with Gasteiger partial charge in [0.05, 0.1) is 0 Å². The van der Waals surface area contributed by atoms with Gasteiger partial charge in [0, 0.05) is 43.0 Å². The van der Waals surface area contributed by atoms with Crippen LogP contribution >= 0.6 is 0 Å². The Morgan fingerprint density at radius 3 is 2.23 bits per heavy atom. The lowest BCUT2D eigenvalue weighted by molar-refractivity contribution is 0.141. The molecule has 3 aromatic rings. The Morgan fingerprint density at radius 1 is 0.857 bits per heavy atom. The van der Waals surface area contributed by atoms with Crippen LogP contribution in [0, 0.1) is 17.5 Å². The predicted molar refractivity (Wildman–Crippen MR) is 132 cm³/mol. The number of aromatic nitrogens is 2. The number of benzene rings is 2. The fraction of sp³-hybridized carbons (Fsp3) is 0.407. The van der Waals surface area contributed by atoms with Gasteiger partial charge < -0.3 is 15.1 Å². The van der Waals surface area contributed by atoms with E-state index in [1.54, 1.807) is 18.3 Å². The molecule has 0 bridgehead atoms. The molecule has 2 aromatic carbocycles. The van der Waals surface area contributed by atoms with Crippen molar-refractivity contribution in [2.45, 2.75) is 44.7 Å². The van der Waals surface area contributed by atoms with Gasteiger partial charge in [-0.15, -0.1) is 0 Å². The summed E-state index contributed by atoms with van der Waals surface area (Å²) in [6.07, 6.45) is 7.72. The monoisotopic (exact) mass is 481 g/mol. The van der Waals surface area contributed by atoms with Crippen LogP contribution in [0.5, 0.6) is 0 Å². The molecule has 1 N–H and O–H groups in total. The number of likely N-dealkylation sites (tertiary alicyclic amines) is 1. The average Bonchev–Trinajstić information content (AvgIpc) is 2.89. The molecule has 3 heterocycles. The summed E-state index contributed by atoms with van der Waals surface area (Å²) in [5, 5.41) is 3.10. The number of rotatable bonds is 6. The van der Waals surface area contributed by atoms with Gasteiger partial charge in [0.2, 0.25) is 5.95 Å². The van der Waals surface area contributed by atoms with Gasteiger partial charge in [-0.3, -0.25) is 0 Å². The third-order valence-electron chi connectivity index (χ3n) is 7.08. The van der Waals surface area contributed by atoms with E-state index >= 15 is 0 Å². The summed E-state index contributed by atoms with van der Waals surface area (Å²) in [7, 11) is 0. The van der Waals surface area contributed by atoms with Crippen LogP contribution in [0.15, 0.2) is 48.7 Å². The highest BCUT2D eigenvalue weighted by Crippen LogP contribution is 2.30. The number of nitrogens with one attached hydrogen (secondary N) is 1. The molecule has 5 nitrogen and oxygen atoms in total. The molecule has 5 rings (SSSR count). The Hall–Kier alpha value is -3.13. The quantitative estimate of drug-likeness (QED) is 0.495. The molecule has 2 aliphatic rings. The van der Waals surface area contributed by atoms with Crippen molar-refractivity contribution in [1.82, 2.24) is 14.9 Å². The fourth-order valence-electron chi connectivity index (χ4n) is 5.09. The summed E-state index contributed by atoms with van der Waals surface area (Å²) in [5.41, 5.74) is 1.31. The molecule has 0 amide bonds. The first-order valence-electron chi connectivity index (χ1n) is 12.4. The Morgan fingerprint density at radius 2 is 1.54 bits per heavy atom. The average molecular weight is 482 g/mol. The first-order chi connectivity index (χ1) is 17.1. The lowest BCUT2D eigenvalue weighted by atomic mass is 10.00. The Labute approximate surface area is 204 Å². The van der Waals surface area contributed by atoms with E-state index in [9.17, 15) is 13.2 Å². The number of hydrogen-bond donors (Lipinski definition) is 1. The molecule has 1 aromatic heterocycles. The van der Waals surface area contributed by atoms with Crippen molar-refractivity contribution in [3.63, 3.8) is 0 Å². The zero-order valence-electron chi connectivity index (χ0n) is 19.7. The zero-order chi connectivity index (χ0) is 24.2. The molecule has 0 unspecified atom stereocenters. The van der Waals surface area contributed by atoms with Gasteiger partial charge in [-0.05, 0) is 68.6 Å². The number of hydrogen-bond acceptors (Lipinski definition) is 5. The Balaban J connectivity index is 1.37. The molecule has 2 saturated heterocycles. The van der Waals surface area contributed by atoms with E-state index in [2.05, 4.69) is 20.1 Å². The number of piperidine rings is 2. The van der Waals surface area contributed by atoms with Crippen molar-refractivity contribution in [1.29, 1.82) is 0 Å².